The molecular weight excluding hydrogens is 176 g/mol. The summed E-state index contributed by atoms with van der Waals surface area (Å²) >= 11 is 0. The SMILES string of the molecule is CCc1cccc(C=O)c1C(C)C=O. The topological polar surface area (TPSA) is 34.1 Å². The minimum absolute atomic E-state index is 0.202. The monoisotopic (exact) mass is 190 g/mol. The third kappa shape index (κ3) is 1.90. The molecule has 0 amide bonds. The molecule has 0 fully saturated rings. The standard InChI is InChI=1S/C12H14O2/c1-3-10-5-4-6-11(8-14)12(10)9(2)7-13/h4-9H,3H2,1-2H3. The molecule has 14 heavy (non-hydrogen) atoms. The van der Waals surface area contributed by atoms with Crippen molar-refractivity contribution in [3.05, 3.63) is 34.9 Å². The fourth-order valence-electron chi connectivity index (χ4n) is 1.67. The lowest BCUT2D eigenvalue weighted by Crippen LogP contribution is -2.04. The van der Waals surface area contributed by atoms with Crippen LogP contribution in [0.1, 0.15) is 41.3 Å². The lowest BCUT2D eigenvalue weighted by molar-refractivity contribution is -0.108. The first-order valence-corrected chi connectivity index (χ1v) is 4.76. The number of hydrogen-bond acceptors (Lipinski definition) is 2. The molecule has 0 N–H and O–H groups in total. The van der Waals surface area contributed by atoms with E-state index in [4.69, 9.17) is 0 Å². The molecule has 1 rings (SSSR count). The normalized spacial score (nSPS) is 12.1. The Morgan fingerprint density at radius 1 is 1.36 bits per heavy atom. The van der Waals surface area contributed by atoms with Gasteiger partial charge in [0.2, 0.25) is 0 Å². The fourth-order valence-corrected chi connectivity index (χ4v) is 1.67. The summed E-state index contributed by atoms with van der Waals surface area (Å²) in [5, 5.41) is 0. The Labute approximate surface area is 83.9 Å². The minimum atomic E-state index is -0.202. The Hall–Kier alpha value is -1.44. The molecular formula is C12H14O2. The maximum atomic E-state index is 10.8. The molecule has 0 bridgehead atoms. The molecule has 74 valence electrons. The summed E-state index contributed by atoms with van der Waals surface area (Å²) < 4.78 is 0. The van der Waals surface area contributed by atoms with Crippen molar-refractivity contribution in [2.75, 3.05) is 0 Å². The number of carbonyl (C=O) groups is 2. The van der Waals surface area contributed by atoms with E-state index in [1.807, 2.05) is 26.0 Å². The number of aryl methyl sites for hydroxylation is 1. The molecule has 1 aromatic rings. The quantitative estimate of drug-likeness (QED) is 0.683. The third-order valence-corrected chi connectivity index (χ3v) is 2.40. The molecule has 0 heterocycles. The van der Waals surface area contributed by atoms with Crippen LogP contribution in [0.3, 0.4) is 0 Å². The molecule has 0 aromatic heterocycles. The summed E-state index contributed by atoms with van der Waals surface area (Å²) in [5.41, 5.74) is 2.58. The van der Waals surface area contributed by atoms with Crippen molar-refractivity contribution >= 4 is 12.6 Å². The average molecular weight is 190 g/mol. The summed E-state index contributed by atoms with van der Waals surface area (Å²) in [6.45, 7) is 3.83. The zero-order valence-electron chi connectivity index (χ0n) is 8.49. The summed E-state index contributed by atoms with van der Waals surface area (Å²) in [7, 11) is 0. The van der Waals surface area contributed by atoms with Gasteiger partial charge in [0.15, 0.2) is 0 Å². The number of benzene rings is 1. The first-order chi connectivity index (χ1) is 6.74. The Morgan fingerprint density at radius 3 is 2.57 bits per heavy atom. The Bertz CT molecular complexity index is 342. The first-order valence-electron chi connectivity index (χ1n) is 4.76. The zero-order valence-corrected chi connectivity index (χ0v) is 8.49. The zero-order chi connectivity index (χ0) is 10.6. The minimum Gasteiger partial charge on any atom is -0.303 e. The summed E-state index contributed by atoms with van der Waals surface area (Å²) in [5.74, 6) is -0.202. The van der Waals surface area contributed by atoms with Gasteiger partial charge in [0.1, 0.15) is 12.6 Å². The molecule has 1 unspecified atom stereocenters. The van der Waals surface area contributed by atoms with Gasteiger partial charge in [0.25, 0.3) is 0 Å². The van der Waals surface area contributed by atoms with Gasteiger partial charge in [-0.25, -0.2) is 0 Å². The second-order valence-electron chi connectivity index (χ2n) is 3.32. The van der Waals surface area contributed by atoms with Gasteiger partial charge in [-0.2, -0.15) is 0 Å². The van der Waals surface area contributed by atoms with Crippen LogP contribution < -0.4 is 0 Å². The van der Waals surface area contributed by atoms with Gasteiger partial charge in [0, 0.05) is 11.5 Å². The predicted molar refractivity (Wildman–Crippen MR) is 55.7 cm³/mol. The van der Waals surface area contributed by atoms with E-state index in [9.17, 15) is 9.59 Å². The first kappa shape index (κ1) is 10.6. The second-order valence-corrected chi connectivity index (χ2v) is 3.32. The highest BCUT2D eigenvalue weighted by molar-refractivity contribution is 5.81. The number of aldehydes is 2. The smallest absolute Gasteiger partial charge is 0.150 e. The van der Waals surface area contributed by atoms with Crippen LogP contribution in [-0.2, 0) is 11.2 Å². The second kappa shape index (κ2) is 4.70. The molecule has 2 nitrogen and oxygen atoms in total. The van der Waals surface area contributed by atoms with Crippen LogP contribution in [0.2, 0.25) is 0 Å². The van der Waals surface area contributed by atoms with Crippen molar-refractivity contribution in [1.82, 2.24) is 0 Å². The lowest BCUT2D eigenvalue weighted by atomic mass is 9.91. The Kier molecular flexibility index (Phi) is 3.57. The highest BCUT2D eigenvalue weighted by atomic mass is 16.1. The van der Waals surface area contributed by atoms with Crippen molar-refractivity contribution in [2.24, 2.45) is 0 Å². The molecule has 0 aliphatic heterocycles. The number of carbonyl (C=O) groups excluding carboxylic acids is 2. The predicted octanol–water partition coefficient (Wildman–Crippen LogP) is 2.36. The fraction of sp³-hybridized carbons (Fsp3) is 0.333. The van der Waals surface area contributed by atoms with Gasteiger partial charge in [-0.05, 0) is 17.5 Å². The van der Waals surface area contributed by atoms with Crippen molar-refractivity contribution in [3.8, 4) is 0 Å². The van der Waals surface area contributed by atoms with Crippen LogP contribution in [0.5, 0.6) is 0 Å². The van der Waals surface area contributed by atoms with E-state index < -0.39 is 0 Å². The van der Waals surface area contributed by atoms with E-state index in [2.05, 4.69) is 0 Å². The summed E-state index contributed by atoms with van der Waals surface area (Å²) in [6, 6.07) is 5.56. The van der Waals surface area contributed by atoms with Crippen LogP contribution in [-0.4, -0.2) is 12.6 Å². The molecule has 0 aliphatic rings. The van der Waals surface area contributed by atoms with Crippen molar-refractivity contribution in [1.29, 1.82) is 0 Å². The molecule has 0 saturated carbocycles. The van der Waals surface area contributed by atoms with Crippen LogP contribution >= 0.6 is 0 Å². The number of rotatable bonds is 4. The molecule has 1 aromatic carbocycles. The van der Waals surface area contributed by atoms with E-state index in [0.717, 1.165) is 30.1 Å². The van der Waals surface area contributed by atoms with Crippen molar-refractivity contribution < 1.29 is 9.59 Å². The lowest BCUT2D eigenvalue weighted by Gasteiger charge is -2.12. The largest absolute Gasteiger partial charge is 0.303 e. The molecule has 0 aliphatic carbocycles. The van der Waals surface area contributed by atoms with Gasteiger partial charge in [0.05, 0.1) is 0 Å². The molecule has 1 atom stereocenters. The maximum Gasteiger partial charge on any atom is 0.150 e. The average Bonchev–Trinajstić information content (AvgIpc) is 2.26. The van der Waals surface area contributed by atoms with E-state index in [1.165, 1.54) is 0 Å². The molecule has 0 radical (unpaired) electrons. The van der Waals surface area contributed by atoms with E-state index in [1.54, 1.807) is 6.07 Å². The van der Waals surface area contributed by atoms with Gasteiger partial charge >= 0.3 is 0 Å². The van der Waals surface area contributed by atoms with E-state index in [0.29, 0.717) is 5.56 Å². The molecule has 0 spiro atoms. The van der Waals surface area contributed by atoms with Gasteiger partial charge in [-0.15, -0.1) is 0 Å². The summed E-state index contributed by atoms with van der Waals surface area (Å²) in [6.07, 6.45) is 2.53. The van der Waals surface area contributed by atoms with Crippen LogP contribution in [0.15, 0.2) is 18.2 Å². The Balaban J connectivity index is 3.32. The summed E-state index contributed by atoms with van der Waals surface area (Å²) in [4.78, 5) is 21.5. The van der Waals surface area contributed by atoms with Crippen LogP contribution in [0, 0.1) is 0 Å². The van der Waals surface area contributed by atoms with Crippen LogP contribution in [0.4, 0.5) is 0 Å². The van der Waals surface area contributed by atoms with Gasteiger partial charge in [-0.3, -0.25) is 4.79 Å². The van der Waals surface area contributed by atoms with Crippen molar-refractivity contribution in [2.45, 2.75) is 26.2 Å². The molecule has 0 saturated heterocycles. The van der Waals surface area contributed by atoms with Gasteiger partial charge < -0.3 is 4.79 Å². The molecule has 2 heteroatoms. The van der Waals surface area contributed by atoms with Gasteiger partial charge in [-0.1, -0.05) is 32.0 Å². The highest BCUT2D eigenvalue weighted by Gasteiger charge is 2.12. The van der Waals surface area contributed by atoms with E-state index >= 15 is 0 Å². The van der Waals surface area contributed by atoms with Crippen molar-refractivity contribution in [3.63, 3.8) is 0 Å². The number of hydrogen-bond donors (Lipinski definition) is 0. The van der Waals surface area contributed by atoms with E-state index in [-0.39, 0.29) is 5.92 Å². The maximum absolute atomic E-state index is 10.8. The third-order valence-electron chi connectivity index (χ3n) is 2.40. The Morgan fingerprint density at radius 2 is 2.07 bits per heavy atom. The van der Waals surface area contributed by atoms with Crippen LogP contribution in [0.25, 0.3) is 0 Å². The highest BCUT2D eigenvalue weighted by Crippen LogP contribution is 2.22.